The van der Waals surface area contributed by atoms with Gasteiger partial charge in [0, 0.05) is 11.7 Å². The van der Waals surface area contributed by atoms with Gasteiger partial charge in [0.15, 0.2) is 0 Å². The first-order chi connectivity index (χ1) is 9.76. The number of aryl methyl sites for hydroxylation is 2. The van der Waals surface area contributed by atoms with Gasteiger partial charge in [0.2, 0.25) is 0 Å². The van der Waals surface area contributed by atoms with Crippen LogP contribution in [0.4, 0.5) is 5.69 Å². The van der Waals surface area contributed by atoms with Gasteiger partial charge in [-0.15, -0.1) is 0 Å². The summed E-state index contributed by atoms with van der Waals surface area (Å²) >= 11 is 0. The van der Waals surface area contributed by atoms with Crippen LogP contribution in [0, 0.1) is 6.92 Å². The van der Waals surface area contributed by atoms with Crippen LogP contribution in [-0.2, 0) is 12.8 Å². The fourth-order valence-corrected chi connectivity index (χ4v) is 2.94. The van der Waals surface area contributed by atoms with Gasteiger partial charge in [-0.05, 0) is 61.1 Å². The fourth-order valence-electron chi connectivity index (χ4n) is 2.94. The van der Waals surface area contributed by atoms with Crippen LogP contribution < -0.4 is 10.1 Å². The lowest BCUT2D eigenvalue weighted by Gasteiger charge is -2.27. The van der Waals surface area contributed by atoms with Gasteiger partial charge in [0.1, 0.15) is 5.75 Å². The van der Waals surface area contributed by atoms with Crippen LogP contribution in [0.15, 0.2) is 42.5 Å². The smallest absolute Gasteiger partial charge is 0.119 e. The third-order valence-electron chi connectivity index (χ3n) is 4.16. The average molecular weight is 267 g/mol. The van der Waals surface area contributed by atoms with Crippen molar-refractivity contribution in [2.45, 2.75) is 32.2 Å². The second-order valence-corrected chi connectivity index (χ2v) is 5.53. The van der Waals surface area contributed by atoms with Crippen LogP contribution in [-0.4, -0.2) is 13.2 Å². The number of hydrogen-bond acceptors (Lipinski definition) is 2. The topological polar surface area (TPSA) is 21.3 Å². The zero-order valence-electron chi connectivity index (χ0n) is 12.1. The van der Waals surface area contributed by atoms with Crippen molar-refractivity contribution in [3.05, 3.63) is 59.2 Å². The number of nitrogens with one attached hydrogen (secondary N) is 1. The van der Waals surface area contributed by atoms with E-state index in [0.29, 0.717) is 6.04 Å². The lowest BCUT2D eigenvalue weighted by atomic mass is 9.92. The molecule has 3 rings (SSSR count). The van der Waals surface area contributed by atoms with Gasteiger partial charge in [-0.2, -0.15) is 0 Å². The lowest BCUT2D eigenvalue weighted by molar-refractivity contribution is 0.414. The van der Waals surface area contributed by atoms with E-state index in [1.165, 1.54) is 35.2 Å². The van der Waals surface area contributed by atoms with Crippen molar-refractivity contribution in [3.8, 4) is 5.75 Å². The highest BCUT2D eigenvalue weighted by molar-refractivity contribution is 5.54. The van der Waals surface area contributed by atoms with Gasteiger partial charge in [-0.1, -0.05) is 24.3 Å². The van der Waals surface area contributed by atoms with E-state index in [4.69, 9.17) is 4.74 Å². The summed E-state index contributed by atoms with van der Waals surface area (Å²) in [4.78, 5) is 0. The van der Waals surface area contributed by atoms with Crippen molar-refractivity contribution < 1.29 is 4.74 Å². The summed E-state index contributed by atoms with van der Waals surface area (Å²) in [5, 5.41) is 3.67. The van der Waals surface area contributed by atoms with Crippen LogP contribution in [0.25, 0.3) is 0 Å². The highest BCUT2D eigenvalue weighted by Crippen LogP contribution is 2.27. The first-order valence-electron chi connectivity index (χ1n) is 7.24. The Hall–Kier alpha value is -1.96. The number of ether oxygens (including phenoxy) is 1. The molecular weight excluding hydrogens is 246 g/mol. The first-order valence-corrected chi connectivity index (χ1v) is 7.24. The van der Waals surface area contributed by atoms with Crippen LogP contribution in [0.5, 0.6) is 5.75 Å². The molecule has 0 aromatic heterocycles. The molecule has 2 nitrogen and oxygen atoms in total. The molecule has 0 saturated carbocycles. The molecular formula is C18H21NO. The molecule has 1 heterocycles. The Morgan fingerprint density at radius 3 is 2.85 bits per heavy atom. The van der Waals surface area contributed by atoms with Crippen LogP contribution in [0.3, 0.4) is 0 Å². The van der Waals surface area contributed by atoms with Crippen LogP contribution >= 0.6 is 0 Å². The molecule has 0 aliphatic carbocycles. The Morgan fingerprint density at radius 1 is 1.20 bits per heavy atom. The minimum Gasteiger partial charge on any atom is -0.497 e. The van der Waals surface area contributed by atoms with Crippen LogP contribution in [0.2, 0.25) is 0 Å². The maximum atomic E-state index is 5.27. The second kappa shape index (κ2) is 5.58. The Morgan fingerprint density at radius 2 is 2.05 bits per heavy atom. The van der Waals surface area contributed by atoms with E-state index in [-0.39, 0.29) is 0 Å². The molecule has 0 spiro atoms. The quantitative estimate of drug-likeness (QED) is 0.908. The molecule has 0 amide bonds. The first kappa shape index (κ1) is 13.0. The van der Waals surface area contributed by atoms with Crippen molar-refractivity contribution in [1.29, 1.82) is 0 Å². The molecule has 2 heteroatoms. The lowest BCUT2D eigenvalue weighted by Crippen LogP contribution is -2.27. The standard InChI is InChI=1S/C18H21NO/c1-13-11-17(20-2)10-8-15(13)12-16-9-7-14-5-3-4-6-18(14)19-16/h3-6,8,10-11,16,19H,7,9,12H2,1-2H3. The Labute approximate surface area is 120 Å². The summed E-state index contributed by atoms with van der Waals surface area (Å²) in [7, 11) is 1.72. The molecule has 1 atom stereocenters. The minimum atomic E-state index is 0.525. The van der Waals surface area contributed by atoms with E-state index < -0.39 is 0 Å². The number of fused-ring (bicyclic) bond motifs is 1. The largest absolute Gasteiger partial charge is 0.497 e. The highest BCUT2D eigenvalue weighted by atomic mass is 16.5. The van der Waals surface area contributed by atoms with E-state index in [0.717, 1.165) is 12.2 Å². The summed E-state index contributed by atoms with van der Waals surface area (Å²) in [5.74, 6) is 0.938. The van der Waals surface area contributed by atoms with Crippen molar-refractivity contribution in [2.75, 3.05) is 12.4 Å². The fraction of sp³-hybridized carbons (Fsp3) is 0.333. The third-order valence-corrected chi connectivity index (χ3v) is 4.16. The number of rotatable bonds is 3. The van der Waals surface area contributed by atoms with Crippen molar-refractivity contribution in [3.63, 3.8) is 0 Å². The third kappa shape index (κ3) is 2.64. The molecule has 0 bridgehead atoms. The number of anilines is 1. The van der Waals surface area contributed by atoms with Gasteiger partial charge in [0.25, 0.3) is 0 Å². The summed E-state index contributed by atoms with van der Waals surface area (Å²) in [5.41, 5.74) is 5.46. The molecule has 2 aromatic carbocycles. The Kier molecular flexibility index (Phi) is 3.64. The Balaban J connectivity index is 1.73. The number of hydrogen-bond donors (Lipinski definition) is 1. The normalized spacial score (nSPS) is 17.2. The number of benzene rings is 2. The molecule has 1 aliphatic rings. The minimum absolute atomic E-state index is 0.525. The molecule has 1 unspecified atom stereocenters. The van der Waals surface area contributed by atoms with Gasteiger partial charge in [-0.3, -0.25) is 0 Å². The van der Waals surface area contributed by atoms with Crippen molar-refractivity contribution >= 4 is 5.69 Å². The molecule has 1 aliphatic heterocycles. The summed E-state index contributed by atoms with van der Waals surface area (Å²) in [6, 6.07) is 15.5. The second-order valence-electron chi connectivity index (χ2n) is 5.53. The van der Waals surface area contributed by atoms with Gasteiger partial charge in [-0.25, -0.2) is 0 Å². The zero-order valence-corrected chi connectivity index (χ0v) is 12.1. The van der Waals surface area contributed by atoms with Crippen molar-refractivity contribution in [1.82, 2.24) is 0 Å². The SMILES string of the molecule is COc1ccc(CC2CCc3ccccc3N2)c(C)c1. The molecule has 0 saturated heterocycles. The number of methoxy groups -OCH3 is 1. The molecule has 0 fully saturated rings. The van der Waals surface area contributed by atoms with E-state index in [1.54, 1.807) is 7.11 Å². The maximum Gasteiger partial charge on any atom is 0.119 e. The van der Waals surface area contributed by atoms with Gasteiger partial charge >= 0.3 is 0 Å². The Bertz CT molecular complexity index is 606. The van der Waals surface area contributed by atoms with Gasteiger partial charge in [0.05, 0.1) is 7.11 Å². The van der Waals surface area contributed by atoms with Gasteiger partial charge < -0.3 is 10.1 Å². The zero-order chi connectivity index (χ0) is 13.9. The van der Waals surface area contributed by atoms with E-state index >= 15 is 0 Å². The summed E-state index contributed by atoms with van der Waals surface area (Å²) in [6.07, 6.45) is 3.44. The monoisotopic (exact) mass is 267 g/mol. The van der Waals surface area contributed by atoms with Crippen molar-refractivity contribution in [2.24, 2.45) is 0 Å². The maximum absolute atomic E-state index is 5.27. The highest BCUT2D eigenvalue weighted by Gasteiger charge is 2.18. The number of para-hydroxylation sites is 1. The summed E-state index contributed by atoms with van der Waals surface area (Å²) in [6.45, 7) is 2.16. The van der Waals surface area contributed by atoms with E-state index in [9.17, 15) is 0 Å². The molecule has 2 aromatic rings. The summed E-state index contributed by atoms with van der Waals surface area (Å²) < 4.78 is 5.27. The van der Waals surface area contributed by atoms with Crippen LogP contribution in [0.1, 0.15) is 23.1 Å². The average Bonchev–Trinajstić information content (AvgIpc) is 2.49. The molecule has 0 radical (unpaired) electrons. The van der Waals surface area contributed by atoms with E-state index in [1.807, 2.05) is 0 Å². The predicted octanol–water partition coefficient (Wildman–Crippen LogP) is 3.97. The molecule has 1 N–H and O–H groups in total. The predicted molar refractivity (Wildman–Crippen MR) is 83.6 cm³/mol. The molecule has 104 valence electrons. The molecule has 20 heavy (non-hydrogen) atoms. The van der Waals surface area contributed by atoms with E-state index in [2.05, 4.69) is 54.7 Å².